The second-order valence-corrected chi connectivity index (χ2v) is 20.2. The number of nitrogens with zero attached hydrogens (tertiary/aromatic N) is 4. The highest BCUT2D eigenvalue weighted by molar-refractivity contribution is 7.90. The van der Waals surface area contributed by atoms with E-state index in [1.807, 2.05) is 26.2 Å². The predicted molar refractivity (Wildman–Crippen MR) is 246 cm³/mol. The van der Waals surface area contributed by atoms with Crippen molar-refractivity contribution in [2.24, 2.45) is 0 Å². The molecular formula is C44H46Cl2N6O9S2. The van der Waals surface area contributed by atoms with Crippen LogP contribution in [0.5, 0.6) is 11.5 Å². The second-order valence-electron chi connectivity index (χ2n) is 16.0. The van der Waals surface area contributed by atoms with Gasteiger partial charge in [-0.3, -0.25) is 9.44 Å². The Labute approximate surface area is 375 Å². The molecule has 0 spiro atoms. The van der Waals surface area contributed by atoms with Gasteiger partial charge in [0.25, 0.3) is 0 Å². The van der Waals surface area contributed by atoms with Gasteiger partial charge in [0.05, 0.1) is 21.4 Å². The van der Waals surface area contributed by atoms with Crippen molar-refractivity contribution in [1.29, 1.82) is 0 Å². The lowest BCUT2D eigenvalue weighted by atomic mass is 9.99. The van der Waals surface area contributed by atoms with Crippen LogP contribution in [0.1, 0.15) is 33.4 Å². The molecule has 4 aromatic carbocycles. The van der Waals surface area contributed by atoms with Gasteiger partial charge >= 0.3 is 31.7 Å². The topological polar surface area (TPSA) is 175 Å². The Morgan fingerprint density at radius 1 is 0.587 bits per heavy atom. The summed E-state index contributed by atoms with van der Waals surface area (Å²) in [5, 5.41) is 1.54. The summed E-state index contributed by atoms with van der Waals surface area (Å²) in [6, 6.07) is 20.0. The van der Waals surface area contributed by atoms with E-state index in [2.05, 4.69) is 19.2 Å². The first-order valence-electron chi connectivity index (χ1n) is 20.2. The summed E-state index contributed by atoms with van der Waals surface area (Å²) in [7, 11) is -3.62. The lowest BCUT2D eigenvalue weighted by molar-refractivity contribution is 0.223. The van der Waals surface area contributed by atoms with E-state index < -0.39 is 31.7 Å². The summed E-state index contributed by atoms with van der Waals surface area (Å²) in [4.78, 5) is 31.0. The summed E-state index contributed by atoms with van der Waals surface area (Å²) in [6.45, 7) is 7.70. The highest BCUT2D eigenvalue weighted by Gasteiger charge is 2.27. The fourth-order valence-electron chi connectivity index (χ4n) is 7.84. The Bertz CT molecular complexity index is 2890. The number of piperazine rings is 2. The summed E-state index contributed by atoms with van der Waals surface area (Å²) >= 11 is 13.5. The van der Waals surface area contributed by atoms with Crippen molar-refractivity contribution in [1.82, 2.24) is 18.4 Å². The number of nitrogens with one attached hydrogen (secondary N) is 2. The first-order valence-corrected chi connectivity index (χ1v) is 23.9. The Morgan fingerprint density at radius 3 is 1.35 bits per heavy atom. The number of ether oxygens (including phenoxy) is 1. The molecule has 332 valence electrons. The fourth-order valence-corrected chi connectivity index (χ4v) is 10.6. The van der Waals surface area contributed by atoms with Gasteiger partial charge in [-0.05, 0) is 86.6 Å². The van der Waals surface area contributed by atoms with E-state index in [0.717, 1.165) is 0 Å². The highest BCUT2D eigenvalue weighted by Crippen LogP contribution is 2.40. The van der Waals surface area contributed by atoms with E-state index in [1.165, 1.54) is 20.7 Å². The zero-order valence-electron chi connectivity index (χ0n) is 35.0. The van der Waals surface area contributed by atoms with Crippen molar-refractivity contribution < 1.29 is 30.4 Å². The Morgan fingerprint density at radius 2 is 0.968 bits per heavy atom. The average Bonchev–Trinajstić information content (AvgIpc) is 3.23. The number of anilines is 2. The van der Waals surface area contributed by atoms with E-state index in [4.69, 9.17) is 36.8 Å². The third-order valence-corrected chi connectivity index (χ3v) is 15.3. The summed E-state index contributed by atoms with van der Waals surface area (Å²) in [6.07, 6.45) is 0.350. The first-order chi connectivity index (χ1) is 29.9. The highest BCUT2D eigenvalue weighted by atomic mass is 35.5. The zero-order valence-corrected chi connectivity index (χ0v) is 38.2. The monoisotopic (exact) mass is 936 g/mol. The van der Waals surface area contributed by atoms with Crippen LogP contribution in [-0.2, 0) is 33.3 Å². The maximum atomic E-state index is 13.5. The zero-order chi connectivity index (χ0) is 44.8. The molecule has 0 amide bonds. The molecule has 2 aliphatic heterocycles. The molecule has 63 heavy (non-hydrogen) atoms. The second kappa shape index (κ2) is 17.9. The minimum Gasteiger partial charge on any atom is -0.454 e. The Kier molecular flexibility index (Phi) is 12.7. The predicted octanol–water partition coefficient (Wildman–Crippen LogP) is 6.61. The maximum Gasteiger partial charge on any atom is 0.340 e. The molecule has 0 radical (unpaired) electrons. The van der Waals surface area contributed by atoms with Gasteiger partial charge in [-0.25, -0.2) is 9.59 Å². The molecule has 0 aliphatic carbocycles. The van der Waals surface area contributed by atoms with Crippen LogP contribution in [0.4, 0.5) is 11.4 Å². The summed E-state index contributed by atoms with van der Waals surface area (Å²) in [5.74, 6) is 0.278. The van der Waals surface area contributed by atoms with Crippen LogP contribution in [0, 0.1) is 13.8 Å². The molecule has 8 rings (SSSR count). The van der Waals surface area contributed by atoms with Crippen molar-refractivity contribution in [2.45, 2.75) is 26.7 Å². The van der Waals surface area contributed by atoms with E-state index in [-0.39, 0.29) is 45.6 Å². The van der Waals surface area contributed by atoms with Crippen LogP contribution in [0.2, 0.25) is 10.0 Å². The molecule has 0 saturated carbocycles. The number of aryl methyl sites for hydroxylation is 2. The largest absolute Gasteiger partial charge is 0.454 e. The van der Waals surface area contributed by atoms with Gasteiger partial charge < -0.3 is 23.4 Å². The van der Waals surface area contributed by atoms with Gasteiger partial charge in [-0.15, -0.1) is 0 Å². The van der Waals surface area contributed by atoms with E-state index in [1.54, 1.807) is 62.4 Å². The van der Waals surface area contributed by atoms with Gasteiger partial charge in [0.15, 0.2) is 0 Å². The standard InChI is InChI=1S/C44H46Cl2N6O9S2/c1-27-33-23-37(45)41(25-39(33)60-43(53)35(27)21-29-7-5-9-31(19-29)47-62(55,56)51-15-11-49(3)12-16-51)59-42-26-40-34(24-38(42)46)28(2)36(44(54)61-40)22-30-8-6-10-32(20-30)48-63(57,58)52-17-13-50(4)14-18-52/h5-10,19-20,23-26,47-48H,11-18,21-22H2,1-4H3. The van der Waals surface area contributed by atoms with Crippen LogP contribution in [-0.4, -0.2) is 102 Å². The van der Waals surface area contributed by atoms with Crippen molar-refractivity contribution in [3.05, 3.63) is 137 Å². The van der Waals surface area contributed by atoms with E-state index in [0.29, 0.717) is 108 Å². The third kappa shape index (κ3) is 9.76. The van der Waals surface area contributed by atoms with Gasteiger partial charge in [0.1, 0.15) is 22.7 Å². The van der Waals surface area contributed by atoms with Crippen molar-refractivity contribution in [3.63, 3.8) is 0 Å². The maximum absolute atomic E-state index is 13.5. The van der Waals surface area contributed by atoms with E-state index in [9.17, 15) is 26.4 Å². The molecule has 4 heterocycles. The molecule has 2 aliphatic rings. The number of hydrogen-bond acceptors (Lipinski definition) is 11. The molecule has 2 saturated heterocycles. The summed E-state index contributed by atoms with van der Waals surface area (Å²) in [5.41, 5.74) is 3.48. The van der Waals surface area contributed by atoms with Crippen LogP contribution in [0.15, 0.2) is 91.2 Å². The lowest BCUT2D eigenvalue weighted by Gasteiger charge is -2.31. The number of rotatable bonds is 12. The number of hydrogen-bond donors (Lipinski definition) is 2. The van der Waals surface area contributed by atoms with Crippen LogP contribution in [0.25, 0.3) is 21.9 Å². The van der Waals surface area contributed by atoms with Crippen LogP contribution < -0.4 is 25.4 Å². The Balaban J connectivity index is 0.996. The van der Waals surface area contributed by atoms with Gasteiger partial charge in [-0.2, -0.15) is 25.4 Å². The number of likely N-dealkylation sites (N-methyl/N-ethyl adjacent to an activating group) is 2. The fraction of sp³-hybridized carbons (Fsp3) is 0.318. The molecule has 2 N–H and O–H groups in total. The molecular weight excluding hydrogens is 892 g/mol. The molecule has 0 bridgehead atoms. The van der Waals surface area contributed by atoms with Gasteiger partial charge in [-0.1, -0.05) is 47.5 Å². The molecule has 19 heteroatoms. The Hall–Kier alpha value is -4.98. The van der Waals surface area contributed by atoms with Gasteiger partial charge in [0.2, 0.25) is 0 Å². The summed E-state index contributed by atoms with van der Waals surface area (Å²) < 4.78 is 78.2. The van der Waals surface area contributed by atoms with Crippen molar-refractivity contribution in [2.75, 3.05) is 75.9 Å². The van der Waals surface area contributed by atoms with Crippen LogP contribution in [0.3, 0.4) is 0 Å². The van der Waals surface area contributed by atoms with Gasteiger partial charge in [0, 0.05) is 99.2 Å². The number of halogens is 2. The van der Waals surface area contributed by atoms with Crippen molar-refractivity contribution in [3.8, 4) is 11.5 Å². The lowest BCUT2D eigenvalue weighted by Crippen LogP contribution is -2.48. The average molecular weight is 938 g/mol. The molecule has 6 aromatic rings. The molecule has 2 fully saturated rings. The first kappa shape index (κ1) is 44.6. The number of benzene rings is 4. The van der Waals surface area contributed by atoms with E-state index >= 15 is 0 Å². The molecule has 0 unspecified atom stereocenters. The minimum absolute atomic E-state index is 0.139. The van der Waals surface area contributed by atoms with Crippen molar-refractivity contribution >= 4 is 76.9 Å². The van der Waals surface area contributed by atoms with Crippen LogP contribution >= 0.6 is 23.2 Å². The normalized spacial score (nSPS) is 16.2. The third-order valence-electron chi connectivity index (χ3n) is 11.6. The smallest absolute Gasteiger partial charge is 0.340 e. The molecule has 0 atom stereocenters. The molecule has 2 aromatic heterocycles. The SMILES string of the molecule is Cc1c(Cc2cccc(NS(=O)(=O)N3CCN(C)CC3)c2)c(=O)oc2cc(Oc3cc4oc(=O)c(Cc5cccc(NS(=O)(=O)N6CCN(C)CC6)c5)c(C)c4cc3Cl)c(Cl)cc12. The quantitative estimate of drug-likeness (QED) is 0.127. The molecule has 15 nitrogen and oxygen atoms in total. The number of fused-ring (bicyclic) bond motifs is 2. The minimum atomic E-state index is -3.76.